The lowest BCUT2D eigenvalue weighted by molar-refractivity contribution is -0.186. The average molecular weight is 338 g/mol. The molecule has 1 spiro atoms. The van der Waals surface area contributed by atoms with E-state index in [0.717, 1.165) is 51.4 Å². The molecule has 3 aliphatic rings. The van der Waals surface area contributed by atoms with Crippen LogP contribution in [0.2, 0.25) is 0 Å². The van der Waals surface area contributed by atoms with Crippen LogP contribution in [-0.2, 0) is 19.1 Å². The predicted molar refractivity (Wildman–Crippen MR) is 89.3 cm³/mol. The maximum absolute atomic E-state index is 12.0. The molecule has 0 unspecified atom stereocenters. The Kier molecular flexibility index (Phi) is 6.11. The van der Waals surface area contributed by atoms with Crippen molar-refractivity contribution in [3.05, 3.63) is 0 Å². The molecule has 2 saturated carbocycles. The fourth-order valence-corrected chi connectivity index (χ4v) is 4.03. The van der Waals surface area contributed by atoms with Gasteiger partial charge in [0.05, 0.1) is 6.61 Å². The van der Waals surface area contributed by atoms with Crippen molar-refractivity contribution in [1.29, 1.82) is 0 Å². The van der Waals surface area contributed by atoms with Gasteiger partial charge in [0, 0.05) is 25.4 Å². The summed E-state index contributed by atoms with van der Waals surface area (Å²) < 4.78 is 11.9. The summed E-state index contributed by atoms with van der Waals surface area (Å²) >= 11 is 0. The van der Waals surface area contributed by atoms with Crippen molar-refractivity contribution in [1.82, 2.24) is 10.6 Å². The molecule has 2 amide bonds. The summed E-state index contributed by atoms with van der Waals surface area (Å²) in [6.07, 6.45) is 11.8. The first-order valence-electron chi connectivity index (χ1n) is 9.57. The first-order valence-corrected chi connectivity index (χ1v) is 9.57. The molecule has 1 atom stereocenters. The van der Waals surface area contributed by atoms with Gasteiger partial charge in [0.15, 0.2) is 5.79 Å². The summed E-state index contributed by atoms with van der Waals surface area (Å²) in [6.45, 7) is 0.823. The highest BCUT2D eigenvalue weighted by Crippen LogP contribution is 2.37. The Bertz CT molecular complexity index is 440. The number of amides is 2. The van der Waals surface area contributed by atoms with Gasteiger partial charge in [-0.1, -0.05) is 32.1 Å². The maximum Gasteiger partial charge on any atom is 0.309 e. The highest BCUT2D eigenvalue weighted by molar-refractivity contribution is 6.35. The van der Waals surface area contributed by atoms with Gasteiger partial charge in [-0.15, -0.1) is 0 Å². The number of nitrogens with one attached hydrogen (secondary N) is 2. The molecule has 0 radical (unpaired) electrons. The summed E-state index contributed by atoms with van der Waals surface area (Å²) in [7, 11) is 0. The third-order valence-electron chi connectivity index (χ3n) is 5.42. The summed E-state index contributed by atoms with van der Waals surface area (Å²) in [4.78, 5) is 24.0. The van der Waals surface area contributed by atoms with E-state index in [1.54, 1.807) is 0 Å². The molecule has 2 N–H and O–H groups in total. The van der Waals surface area contributed by atoms with Crippen LogP contribution in [0.15, 0.2) is 0 Å². The van der Waals surface area contributed by atoms with Crippen LogP contribution in [0.3, 0.4) is 0 Å². The van der Waals surface area contributed by atoms with Crippen LogP contribution >= 0.6 is 0 Å². The van der Waals surface area contributed by atoms with Crippen LogP contribution in [0.5, 0.6) is 0 Å². The van der Waals surface area contributed by atoms with Gasteiger partial charge < -0.3 is 20.1 Å². The Balaban J connectivity index is 1.38. The third-order valence-corrected chi connectivity index (χ3v) is 5.42. The Labute approximate surface area is 144 Å². The Morgan fingerprint density at radius 2 is 1.58 bits per heavy atom. The quantitative estimate of drug-likeness (QED) is 0.610. The minimum absolute atomic E-state index is 0.141. The van der Waals surface area contributed by atoms with Gasteiger partial charge in [-0.25, -0.2) is 0 Å². The van der Waals surface area contributed by atoms with E-state index in [-0.39, 0.29) is 12.1 Å². The first kappa shape index (κ1) is 17.7. The molecule has 0 aromatic carbocycles. The van der Waals surface area contributed by atoms with Crippen LogP contribution in [0.25, 0.3) is 0 Å². The van der Waals surface area contributed by atoms with Crippen molar-refractivity contribution >= 4 is 11.8 Å². The molecule has 0 aromatic heterocycles. The van der Waals surface area contributed by atoms with Crippen molar-refractivity contribution in [2.45, 2.75) is 88.6 Å². The lowest BCUT2D eigenvalue weighted by atomic mass is 9.94. The monoisotopic (exact) mass is 338 g/mol. The average Bonchev–Trinajstić information content (AvgIpc) is 2.81. The molecule has 1 aliphatic heterocycles. The van der Waals surface area contributed by atoms with Gasteiger partial charge in [-0.2, -0.15) is 0 Å². The smallest absolute Gasteiger partial charge is 0.309 e. The zero-order valence-corrected chi connectivity index (χ0v) is 14.5. The van der Waals surface area contributed by atoms with Crippen LogP contribution in [0.4, 0.5) is 0 Å². The van der Waals surface area contributed by atoms with Crippen molar-refractivity contribution in [3.63, 3.8) is 0 Å². The fourth-order valence-electron chi connectivity index (χ4n) is 4.03. The molecular formula is C18H30N2O4. The van der Waals surface area contributed by atoms with Gasteiger partial charge >= 0.3 is 11.8 Å². The topological polar surface area (TPSA) is 76.7 Å². The van der Waals surface area contributed by atoms with Crippen LogP contribution in [0.1, 0.15) is 70.6 Å². The van der Waals surface area contributed by atoms with Crippen molar-refractivity contribution < 1.29 is 19.1 Å². The molecule has 1 saturated heterocycles. The molecule has 2 aliphatic carbocycles. The second kappa shape index (κ2) is 8.30. The van der Waals surface area contributed by atoms with E-state index in [2.05, 4.69) is 10.6 Å². The highest BCUT2D eigenvalue weighted by atomic mass is 16.7. The summed E-state index contributed by atoms with van der Waals surface area (Å²) in [5.74, 6) is -1.52. The van der Waals surface area contributed by atoms with Crippen LogP contribution in [0, 0.1) is 0 Å². The van der Waals surface area contributed by atoms with Gasteiger partial charge in [-0.05, 0) is 25.7 Å². The second-order valence-electron chi connectivity index (χ2n) is 7.39. The van der Waals surface area contributed by atoms with Gasteiger partial charge in [0.2, 0.25) is 0 Å². The first-order chi connectivity index (χ1) is 11.7. The molecule has 24 heavy (non-hydrogen) atoms. The minimum atomic E-state index is -0.563. The number of rotatable bonds is 3. The molecule has 6 heteroatoms. The molecule has 1 heterocycles. The number of hydrogen-bond acceptors (Lipinski definition) is 4. The minimum Gasteiger partial charge on any atom is -0.347 e. The largest absolute Gasteiger partial charge is 0.347 e. The number of ether oxygens (including phenoxy) is 2. The molecule has 136 valence electrons. The van der Waals surface area contributed by atoms with E-state index >= 15 is 0 Å². The summed E-state index contributed by atoms with van der Waals surface area (Å²) in [5.41, 5.74) is 0. The normalized spacial score (nSPS) is 27.6. The molecule has 0 aromatic rings. The van der Waals surface area contributed by atoms with E-state index in [0.29, 0.717) is 13.2 Å². The SMILES string of the molecule is O=C(NC[C@@H]1COC2(CCCCC2)O1)C(=O)NC1CCCCCC1. The number of carbonyl (C=O) groups is 2. The van der Waals surface area contributed by atoms with Gasteiger partial charge in [-0.3, -0.25) is 9.59 Å². The Morgan fingerprint density at radius 1 is 0.917 bits per heavy atom. The molecule has 6 nitrogen and oxygen atoms in total. The second-order valence-corrected chi connectivity index (χ2v) is 7.39. The third kappa shape index (κ3) is 4.70. The molecule has 3 rings (SSSR count). The number of hydrogen-bond donors (Lipinski definition) is 2. The van der Waals surface area contributed by atoms with Crippen molar-refractivity contribution in [2.75, 3.05) is 13.2 Å². The van der Waals surface area contributed by atoms with Crippen LogP contribution < -0.4 is 10.6 Å². The van der Waals surface area contributed by atoms with Gasteiger partial charge in [0.25, 0.3) is 0 Å². The zero-order chi connectivity index (χ0) is 16.8. The molecule has 0 bridgehead atoms. The highest BCUT2D eigenvalue weighted by Gasteiger charge is 2.42. The van der Waals surface area contributed by atoms with E-state index < -0.39 is 17.6 Å². The van der Waals surface area contributed by atoms with E-state index in [4.69, 9.17) is 9.47 Å². The fraction of sp³-hybridized carbons (Fsp3) is 0.889. The maximum atomic E-state index is 12.0. The standard InChI is InChI=1S/C18H30N2O4/c21-16(17(22)20-14-8-4-1-2-5-9-14)19-12-15-13-23-18(24-15)10-6-3-7-11-18/h14-15H,1-13H2,(H,19,21)(H,20,22)/t15-/m1/s1. The predicted octanol–water partition coefficient (Wildman–Crippen LogP) is 2.02. The summed E-state index contributed by atoms with van der Waals surface area (Å²) in [5, 5.41) is 5.56. The van der Waals surface area contributed by atoms with Gasteiger partial charge in [0.1, 0.15) is 6.10 Å². The summed E-state index contributed by atoms with van der Waals surface area (Å²) in [6, 6.07) is 0.141. The molecule has 3 fully saturated rings. The van der Waals surface area contributed by atoms with Crippen LogP contribution in [-0.4, -0.2) is 42.9 Å². The Hall–Kier alpha value is -1.14. The number of carbonyl (C=O) groups excluding carboxylic acids is 2. The van der Waals surface area contributed by atoms with Crippen molar-refractivity contribution in [2.24, 2.45) is 0 Å². The van der Waals surface area contributed by atoms with E-state index in [1.165, 1.54) is 19.3 Å². The van der Waals surface area contributed by atoms with E-state index in [9.17, 15) is 9.59 Å². The van der Waals surface area contributed by atoms with E-state index in [1.807, 2.05) is 0 Å². The lowest BCUT2D eigenvalue weighted by Gasteiger charge is -2.31. The van der Waals surface area contributed by atoms with Crippen molar-refractivity contribution in [3.8, 4) is 0 Å². The molecular weight excluding hydrogens is 308 g/mol. The lowest BCUT2D eigenvalue weighted by Crippen LogP contribution is -2.46. The zero-order valence-electron chi connectivity index (χ0n) is 14.5. The Morgan fingerprint density at radius 3 is 2.29 bits per heavy atom.